The van der Waals surface area contributed by atoms with Gasteiger partial charge in [0, 0.05) is 112 Å². The minimum absolute atomic E-state index is 0.0361. The molecule has 8 aromatic rings. The SMILES string of the molecule is Cc1ccc(OC(F)F)c(Cn2c3cc(-c4cnc(N5CCN(C(=O)CO)[C@H](C)C5)nc4)ccc3c(=O)n2C)c1.Cc1ccc(OC(F)F)c(Cn2c3cc(-c4cnc(N5CCN(C(=O)COP(=O)(O)O)[C@H](C)C5)nc4)ccc3c(=O)n2C)c1. The first-order valence-electron chi connectivity index (χ1n) is 26.5. The van der Waals surface area contributed by atoms with Gasteiger partial charge in [0.2, 0.25) is 23.7 Å². The number of benzene rings is 4. The van der Waals surface area contributed by atoms with Gasteiger partial charge >= 0.3 is 21.0 Å². The number of fused-ring (bicyclic) bond motifs is 2. The number of nitrogens with zero attached hydrogens (tertiary/aromatic N) is 12. The van der Waals surface area contributed by atoms with E-state index in [0.717, 1.165) is 27.8 Å². The smallest absolute Gasteiger partial charge is 0.434 e. The zero-order valence-corrected chi connectivity index (χ0v) is 47.4. The Bertz CT molecular complexity index is 3890. The van der Waals surface area contributed by atoms with E-state index in [4.69, 9.17) is 19.3 Å². The van der Waals surface area contributed by atoms with E-state index in [9.17, 15) is 46.4 Å². The lowest BCUT2D eigenvalue weighted by Gasteiger charge is -2.39. The van der Waals surface area contributed by atoms with E-state index in [1.54, 1.807) is 95.6 Å². The van der Waals surface area contributed by atoms with E-state index in [-0.39, 0.29) is 53.7 Å². The number of hydrogen-bond acceptors (Lipinski definition) is 15. The van der Waals surface area contributed by atoms with Gasteiger partial charge in [-0.25, -0.2) is 24.5 Å². The molecular formula is C56H61F4N12O11P. The van der Waals surface area contributed by atoms with Gasteiger partial charge in [-0.1, -0.05) is 47.5 Å². The van der Waals surface area contributed by atoms with Gasteiger partial charge < -0.3 is 44.0 Å². The fourth-order valence-electron chi connectivity index (χ4n) is 10.5. The van der Waals surface area contributed by atoms with E-state index in [0.29, 0.717) is 89.7 Å². The van der Waals surface area contributed by atoms with Crippen LogP contribution >= 0.6 is 7.82 Å². The number of amides is 2. The molecule has 84 heavy (non-hydrogen) atoms. The van der Waals surface area contributed by atoms with Crippen molar-refractivity contribution in [3.8, 4) is 33.8 Å². The van der Waals surface area contributed by atoms with Crippen LogP contribution in [0.15, 0.2) is 107 Å². The Morgan fingerprint density at radius 1 is 0.607 bits per heavy atom. The average molecular weight is 1190 g/mol. The number of hydrogen-bond donors (Lipinski definition) is 3. The predicted octanol–water partition coefficient (Wildman–Crippen LogP) is 5.69. The number of carbonyl (C=O) groups excluding carboxylic acids is 2. The maximum absolute atomic E-state index is 13.1. The molecule has 2 amide bonds. The second-order valence-corrected chi connectivity index (χ2v) is 21.7. The fraction of sp³-hybridized carbons (Fsp3) is 0.357. The number of carbonyl (C=O) groups is 2. The molecule has 0 unspecified atom stereocenters. The number of phosphoric ester groups is 1. The van der Waals surface area contributed by atoms with Crippen LogP contribution in [-0.4, -0.2) is 153 Å². The van der Waals surface area contributed by atoms with E-state index in [1.807, 2.05) is 55.7 Å². The normalized spacial score (nSPS) is 15.8. The molecule has 2 fully saturated rings. The Kier molecular flexibility index (Phi) is 18.0. The van der Waals surface area contributed by atoms with Gasteiger partial charge in [0.25, 0.3) is 11.1 Å². The Hall–Kier alpha value is -8.49. The van der Waals surface area contributed by atoms with Crippen LogP contribution in [0, 0.1) is 13.8 Å². The summed E-state index contributed by atoms with van der Waals surface area (Å²) < 4.78 is 83.2. The zero-order chi connectivity index (χ0) is 60.3. The van der Waals surface area contributed by atoms with Crippen LogP contribution < -0.4 is 30.4 Å². The lowest BCUT2D eigenvalue weighted by molar-refractivity contribution is -0.137. The molecule has 0 saturated carbocycles. The Balaban J connectivity index is 0.000000202. The van der Waals surface area contributed by atoms with Gasteiger partial charge in [0.05, 0.1) is 34.9 Å². The highest BCUT2D eigenvalue weighted by atomic mass is 31.2. The minimum atomic E-state index is -4.75. The molecule has 6 heterocycles. The lowest BCUT2D eigenvalue weighted by Crippen LogP contribution is -2.55. The van der Waals surface area contributed by atoms with Crippen LogP contribution in [0.2, 0.25) is 0 Å². The monoisotopic (exact) mass is 1180 g/mol. The van der Waals surface area contributed by atoms with E-state index < -0.39 is 40.2 Å². The van der Waals surface area contributed by atoms with Crippen molar-refractivity contribution in [1.82, 2.24) is 48.5 Å². The Morgan fingerprint density at radius 3 is 1.38 bits per heavy atom. The third kappa shape index (κ3) is 13.5. The number of anilines is 2. The number of alkyl halides is 4. The number of rotatable bonds is 16. The van der Waals surface area contributed by atoms with Crippen molar-refractivity contribution in [2.75, 3.05) is 62.3 Å². The zero-order valence-electron chi connectivity index (χ0n) is 46.6. The van der Waals surface area contributed by atoms with Crippen molar-refractivity contribution in [2.45, 2.75) is 66.1 Å². The highest BCUT2D eigenvalue weighted by Gasteiger charge is 2.31. The molecule has 3 N–H and O–H groups in total. The second kappa shape index (κ2) is 25.2. The molecule has 0 radical (unpaired) electrons. The minimum Gasteiger partial charge on any atom is -0.434 e. The molecule has 4 aromatic heterocycles. The molecule has 2 saturated heterocycles. The molecule has 2 atom stereocenters. The van der Waals surface area contributed by atoms with Crippen LogP contribution in [0.3, 0.4) is 0 Å². The third-order valence-electron chi connectivity index (χ3n) is 14.7. The third-order valence-corrected chi connectivity index (χ3v) is 15.2. The number of piperazine rings is 2. The summed E-state index contributed by atoms with van der Waals surface area (Å²) in [6.07, 6.45) is 6.72. The summed E-state index contributed by atoms with van der Waals surface area (Å²) in [5, 5.41) is 10.1. The van der Waals surface area contributed by atoms with Gasteiger partial charge in [0.1, 0.15) is 24.7 Å². The molecular weight excluding hydrogens is 1120 g/mol. The summed E-state index contributed by atoms with van der Waals surface area (Å²) in [6, 6.07) is 20.3. The predicted molar refractivity (Wildman–Crippen MR) is 302 cm³/mol. The van der Waals surface area contributed by atoms with E-state index in [1.165, 1.54) is 26.4 Å². The molecule has 0 aliphatic carbocycles. The van der Waals surface area contributed by atoms with Crippen LogP contribution in [0.5, 0.6) is 11.5 Å². The van der Waals surface area contributed by atoms with Gasteiger partial charge in [0.15, 0.2) is 0 Å². The Labute approximate surface area is 477 Å². The highest BCUT2D eigenvalue weighted by Crippen LogP contribution is 2.36. The van der Waals surface area contributed by atoms with Crippen molar-refractivity contribution in [2.24, 2.45) is 14.1 Å². The highest BCUT2D eigenvalue weighted by molar-refractivity contribution is 7.46. The molecule has 444 valence electrons. The van der Waals surface area contributed by atoms with Crippen molar-refractivity contribution in [1.29, 1.82) is 0 Å². The van der Waals surface area contributed by atoms with Gasteiger partial charge in [-0.05, 0) is 75.2 Å². The molecule has 2 aliphatic heterocycles. The maximum atomic E-state index is 13.1. The first-order valence-corrected chi connectivity index (χ1v) is 28.0. The summed E-state index contributed by atoms with van der Waals surface area (Å²) >= 11 is 0. The summed E-state index contributed by atoms with van der Waals surface area (Å²) in [7, 11) is -1.50. The topological polar surface area (TPSA) is 258 Å². The largest absolute Gasteiger partial charge is 0.470 e. The number of phosphoric acid groups is 1. The number of aromatic nitrogens is 8. The number of ether oxygens (including phenoxy) is 2. The van der Waals surface area contributed by atoms with E-state index in [2.05, 4.69) is 24.5 Å². The summed E-state index contributed by atoms with van der Waals surface area (Å²) in [5.41, 5.74) is 6.53. The number of aryl methyl sites for hydroxylation is 2. The number of halogens is 4. The van der Waals surface area contributed by atoms with Crippen molar-refractivity contribution in [3.05, 3.63) is 141 Å². The molecule has 4 aromatic carbocycles. The van der Waals surface area contributed by atoms with Crippen LogP contribution in [0.1, 0.15) is 36.1 Å². The van der Waals surface area contributed by atoms with Gasteiger partial charge in [-0.3, -0.25) is 42.4 Å². The van der Waals surface area contributed by atoms with Crippen LogP contribution in [-0.2, 0) is 45.9 Å². The van der Waals surface area contributed by atoms with Gasteiger partial charge in [-0.15, -0.1) is 0 Å². The molecule has 28 heteroatoms. The molecule has 0 spiro atoms. The lowest BCUT2D eigenvalue weighted by atomic mass is 10.1. The van der Waals surface area contributed by atoms with Gasteiger partial charge in [-0.2, -0.15) is 17.6 Å². The summed E-state index contributed by atoms with van der Waals surface area (Å²) in [5.74, 6) is 0.267. The maximum Gasteiger partial charge on any atom is 0.470 e. The molecule has 0 bridgehead atoms. The molecule has 23 nitrogen and oxygen atoms in total. The number of aliphatic hydroxyl groups excluding tert-OH is 1. The summed E-state index contributed by atoms with van der Waals surface area (Å²) in [4.78, 5) is 93.1. The van der Waals surface area contributed by atoms with Crippen LogP contribution in [0.25, 0.3) is 44.1 Å². The van der Waals surface area contributed by atoms with Crippen molar-refractivity contribution >= 4 is 53.3 Å². The van der Waals surface area contributed by atoms with E-state index >= 15 is 0 Å². The first kappa shape index (κ1) is 60.1. The summed E-state index contributed by atoms with van der Waals surface area (Å²) in [6.45, 7) is 3.21. The standard InChI is InChI=1S/C28H31F2N6O7P.C28H30F2N6O4/c1-17-4-7-24(43-27(29)30)20(10-17)15-36-23-11-19(5-6-22(23)26(38)33(36)3)21-12-31-28(32-13-21)34-8-9-35(18(2)14-34)25(37)16-42-44(39,40)41;1-17-4-7-24(40-27(29)30)20(10-17)15-36-23-11-19(5-6-22(23)26(39)33(36)3)21-12-31-28(32-13-21)34-8-9-35(18(2)14-34)25(38)16-37/h4-7,10-13,18,27H,8-9,14-16H2,1-3H3,(H2,39,40,41);4-7,10-13,18,27,37H,8-9,14-16H2,1-3H3/t2*18-/m11/s1. The van der Waals surface area contributed by atoms with Crippen molar-refractivity contribution < 1.29 is 60.6 Å². The fourth-order valence-corrected chi connectivity index (χ4v) is 10.8. The Morgan fingerprint density at radius 2 is 1.01 bits per heavy atom. The molecule has 10 rings (SSSR count). The van der Waals surface area contributed by atoms with Crippen LogP contribution in [0.4, 0.5) is 29.5 Å². The number of aliphatic hydroxyl groups is 1. The first-order chi connectivity index (χ1) is 40.0. The quantitative estimate of drug-likeness (QED) is 0.0776. The molecule has 2 aliphatic rings. The van der Waals surface area contributed by atoms with Crippen molar-refractivity contribution in [3.63, 3.8) is 0 Å². The average Bonchev–Trinajstić information content (AvgIpc) is 2.73. The second-order valence-electron chi connectivity index (χ2n) is 20.4.